The molecule has 1 rings (SSSR count). The van der Waals surface area contributed by atoms with E-state index in [-0.39, 0.29) is 21.6 Å². The van der Waals surface area contributed by atoms with Crippen molar-refractivity contribution in [2.24, 2.45) is 5.41 Å². The maximum absolute atomic E-state index is 12.5. The molecule has 0 atom stereocenters. The van der Waals surface area contributed by atoms with Crippen LogP contribution in [0.2, 0.25) is 0 Å². The van der Waals surface area contributed by atoms with Crippen molar-refractivity contribution < 1.29 is 23.1 Å². The molecule has 0 aromatic heterocycles. The van der Waals surface area contributed by atoms with Gasteiger partial charge in [-0.2, -0.15) is 0 Å². The Bertz CT molecular complexity index is 631. The highest BCUT2D eigenvalue weighted by Gasteiger charge is 2.26. The Hall–Kier alpha value is -1.60. The van der Waals surface area contributed by atoms with Gasteiger partial charge in [-0.25, -0.2) is 17.5 Å². The summed E-state index contributed by atoms with van der Waals surface area (Å²) in [6, 6.07) is 3.55. The van der Waals surface area contributed by atoms with Crippen LogP contribution in [-0.4, -0.2) is 44.5 Å². The minimum Gasteiger partial charge on any atom is -0.507 e. The van der Waals surface area contributed by atoms with Crippen molar-refractivity contribution >= 4 is 16.0 Å². The van der Waals surface area contributed by atoms with Gasteiger partial charge in [-0.1, -0.05) is 20.8 Å². The second-order valence-electron chi connectivity index (χ2n) is 5.99. The van der Waals surface area contributed by atoms with E-state index < -0.39 is 16.0 Å². The van der Waals surface area contributed by atoms with Gasteiger partial charge in [0.15, 0.2) is 0 Å². The lowest BCUT2D eigenvalue weighted by molar-refractivity contribution is 0.0597. The van der Waals surface area contributed by atoms with Crippen LogP contribution < -0.4 is 0 Å². The van der Waals surface area contributed by atoms with Crippen LogP contribution >= 0.6 is 0 Å². The number of hydrogen-bond acceptors (Lipinski definition) is 5. The molecule has 0 aliphatic rings. The monoisotopic (exact) mass is 315 g/mol. The van der Waals surface area contributed by atoms with Gasteiger partial charge in [0.1, 0.15) is 11.3 Å². The Kier molecular flexibility index (Phi) is 5.01. The van der Waals surface area contributed by atoms with Crippen molar-refractivity contribution in [3.05, 3.63) is 23.8 Å². The first-order valence-corrected chi connectivity index (χ1v) is 7.81. The zero-order chi connectivity index (χ0) is 16.4. The Morgan fingerprint density at radius 1 is 1.33 bits per heavy atom. The maximum atomic E-state index is 12.5. The molecule has 0 radical (unpaired) electrons. The molecule has 21 heavy (non-hydrogen) atoms. The molecule has 0 aliphatic heterocycles. The molecule has 0 bridgehead atoms. The number of esters is 1. The van der Waals surface area contributed by atoms with E-state index >= 15 is 0 Å². The summed E-state index contributed by atoms with van der Waals surface area (Å²) in [5, 5.41) is 9.62. The standard InChI is InChI=1S/C14H21NO5S/c1-14(2,3)9-15(4)21(18,19)10-6-7-12(16)11(8-10)13(17)20-5/h6-8,16H,9H2,1-5H3. The summed E-state index contributed by atoms with van der Waals surface area (Å²) in [4.78, 5) is 11.5. The molecule has 0 heterocycles. The molecule has 118 valence electrons. The summed E-state index contributed by atoms with van der Waals surface area (Å²) < 4.78 is 30.7. The van der Waals surface area contributed by atoms with E-state index in [1.54, 1.807) is 0 Å². The number of carbonyl (C=O) groups is 1. The molecule has 0 fully saturated rings. The minimum absolute atomic E-state index is 0.0625. The SMILES string of the molecule is COC(=O)c1cc(S(=O)(=O)N(C)CC(C)(C)C)ccc1O. The largest absolute Gasteiger partial charge is 0.507 e. The summed E-state index contributed by atoms with van der Waals surface area (Å²) >= 11 is 0. The molecule has 7 heteroatoms. The maximum Gasteiger partial charge on any atom is 0.341 e. The van der Waals surface area contributed by atoms with E-state index in [2.05, 4.69) is 4.74 Å². The second kappa shape index (κ2) is 6.03. The topological polar surface area (TPSA) is 83.9 Å². The zero-order valence-electron chi connectivity index (χ0n) is 12.9. The Morgan fingerprint density at radius 3 is 2.38 bits per heavy atom. The number of hydrogen-bond donors (Lipinski definition) is 1. The van der Waals surface area contributed by atoms with Crippen molar-refractivity contribution in [2.75, 3.05) is 20.7 Å². The lowest BCUT2D eigenvalue weighted by Crippen LogP contribution is -2.34. The predicted octanol–water partition coefficient (Wildman–Crippen LogP) is 1.85. The smallest absolute Gasteiger partial charge is 0.341 e. The minimum atomic E-state index is -3.74. The molecular weight excluding hydrogens is 294 g/mol. The molecule has 0 amide bonds. The van der Waals surface area contributed by atoms with Crippen LogP contribution in [0, 0.1) is 5.41 Å². The first kappa shape index (κ1) is 17.5. The van der Waals surface area contributed by atoms with Crippen LogP contribution in [0.4, 0.5) is 0 Å². The number of aromatic hydroxyl groups is 1. The fourth-order valence-electron chi connectivity index (χ4n) is 1.88. The van der Waals surface area contributed by atoms with Gasteiger partial charge in [-0.05, 0) is 23.6 Å². The molecule has 0 saturated carbocycles. The number of nitrogens with zero attached hydrogens (tertiary/aromatic N) is 1. The van der Waals surface area contributed by atoms with Gasteiger partial charge in [-0.15, -0.1) is 0 Å². The zero-order valence-corrected chi connectivity index (χ0v) is 13.7. The van der Waals surface area contributed by atoms with Gasteiger partial charge < -0.3 is 9.84 Å². The summed E-state index contributed by atoms with van der Waals surface area (Å²) in [5.41, 5.74) is -0.382. The number of phenolic OH excluding ortho intramolecular Hbond substituents is 1. The van der Waals surface area contributed by atoms with Gasteiger partial charge in [0.2, 0.25) is 10.0 Å². The van der Waals surface area contributed by atoms with Crippen molar-refractivity contribution in [1.29, 1.82) is 0 Å². The first-order chi connectivity index (χ1) is 9.49. The molecule has 0 unspecified atom stereocenters. The van der Waals surface area contributed by atoms with E-state index in [1.165, 1.54) is 23.5 Å². The van der Waals surface area contributed by atoms with Crippen molar-refractivity contribution in [2.45, 2.75) is 25.7 Å². The summed E-state index contributed by atoms with van der Waals surface area (Å²) in [7, 11) is -1.10. The summed E-state index contributed by atoms with van der Waals surface area (Å²) in [5.74, 6) is -1.11. The van der Waals surface area contributed by atoms with Crippen LogP contribution in [0.25, 0.3) is 0 Å². The number of benzene rings is 1. The van der Waals surface area contributed by atoms with Crippen molar-refractivity contribution in [3.63, 3.8) is 0 Å². The highest BCUT2D eigenvalue weighted by molar-refractivity contribution is 7.89. The van der Waals surface area contributed by atoms with Crippen LogP contribution in [0.15, 0.2) is 23.1 Å². The number of ether oxygens (including phenoxy) is 1. The van der Waals surface area contributed by atoms with Gasteiger partial charge >= 0.3 is 5.97 Å². The number of phenols is 1. The summed E-state index contributed by atoms with van der Waals surface area (Å²) in [6.45, 7) is 6.10. The van der Waals surface area contributed by atoms with Crippen molar-refractivity contribution in [1.82, 2.24) is 4.31 Å². The Morgan fingerprint density at radius 2 is 1.90 bits per heavy atom. The Labute approximate surface area is 125 Å². The number of methoxy groups -OCH3 is 1. The molecule has 1 aromatic carbocycles. The van der Waals surface area contributed by atoms with Gasteiger partial charge in [0.05, 0.1) is 12.0 Å². The van der Waals surface area contributed by atoms with E-state index in [9.17, 15) is 18.3 Å². The quantitative estimate of drug-likeness (QED) is 0.857. The molecule has 0 aliphatic carbocycles. The highest BCUT2D eigenvalue weighted by atomic mass is 32.2. The van der Waals surface area contributed by atoms with E-state index in [0.717, 1.165) is 13.2 Å². The highest BCUT2D eigenvalue weighted by Crippen LogP contribution is 2.25. The molecule has 6 nitrogen and oxygen atoms in total. The van der Waals surface area contributed by atoms with E-state index in [1.807, 2.05) is 20.8 Å². The third-order valence-corrected chi connectivity index (χ3v) is 4.58. The number of sulfonamides is 1. The molecule has 1 aromatic rings. The fraction of sp³-hybridized carbons (Fsp3) is 0.500. The molecule has 0 spiro atoms. The van der Waals surface area contributed by atoms with Crippen LogP contribution in [-0.2, 0) is 14.8 Å². The predicted molar refractivity (Wildman–Crippen MR) is 78.7 cm³/mol. The average molecular weight is 315 g/mol. The second-order valence-corrected chi connectivity index (χ2v) is 8.04. The molecular formula is C14H21NO5S. The molecule has 1 N–H and O–H groups in total. The normalized spacial score (nSPS) is 12.5. The fourth-order valence-corrected chi connectivity index (χ4v) is 3.31. The third kappa shape index (κ3) is 4.18. The summed E-state index contributed by atoms with van der Waals surface area (Å²) in [6.07, 6.45) is 0. The van der Waals surface area contributed by atoms with Gasteiger partial charge in [0, 0.05) is 13.6 Å². The average Bonchev–Trinajstić information content (AvgIpc) is 2.36. The van der Waals surface area contributed by atoms with Crippen LogP contribution in [0.5, 0.6) is 5.75 Å². The third-order valence-electron chi connectivity index (χ3n) is 2.78. The van der Waals surface area contributed by atoms with E-state index in [4.69, 9.17) is 0 Å². The van der Waals surface area contributed by atoms with Crippen LogP contribution in [0.1, 0.15) is 31.1 Å². The lowest BCUT2D eigenvalue weighted by atomic mass is 9.97. The van der Waals surface area contributed by atoms with Gasteiger partial charge in [0.25, 0.3) is 0 Å². The number of rotatable bonds is 4. The lowest BCUT2D eigenvalue weighted by Gasteiger charge is -2.26. The Balaban J connectivity index is 3.24. The number of carbonyl (C=O) groups excluding carboxylic acids is 1. The first-order valence-electron chi connectivity index (χ1n) is 6.37. The molecule has 0 saturated heterocycles. The van der Waals surface area contributed by atoms with E-state index in [0.29, 0.717) is 6.54 Å². The van der Waals surface area contributed by atoms with Crippen molar-refractivity contribution in [3.8, 4) is 5.75 Å². The van der Waals surface area contributed by atoms with Crippen LogP contribution in [0.3, 0.4) is 0 Å². The van der Waals surface area contributed by atoms with Gasteiger partial charge in [-0.3, -0.25) is 0 Å².